The smallest absolute Gasteiger partial charge is 0.425 e. The molecule has 1 unspecified atom stereocenters. The number of alkyl halides is 3. The Hall–Kier alpha value is -3.66. The molecule has 1 fully saturated rings. The number of nitrogens with zero attached hydrogens (tertiary/aromatic N) is 6. The number of H-pyrrole nitrogens is 1. The molecule has 0 aliphatic carbocycles. The quantitative estimate of drug-likeness (QED) is 0.588. The molecule has 0 saturated carbocycles. The lowest BCUT2D eigenvalue weighted by Crippen LogP contribution is -2.49. The summed E-state index contributed by atoms with van der Waals surface area (Å²) in [7, 11) is 1.74. The second kappa shape index (κ2) is 11.2. The molecule has 10 nitrogen and oxygen atoms in total. The zero-order valence-corrected chi connectivity index (χ0v) is 19.4. The van der Waals surface area contributed by atoms with Gasteiger partial charge in [-0.25, -0.2) is 10.1 Å². The summed E-state index contributed by atoms with van der Waals surface area (Å²) in [6.45, 7) is 4.54. The molecule has 1 N–H and O–H groups in total. The van der Waals surface area contributed by atoms with Gasteiger partial charge in [0.2, 0.25) is 5.91 Å². The Balaban J connectivity index is 1.44. The zero-order valence-electron chi connectivity index (χ0n) is 19.4. The molecule has 1 amide bonds. The highest BCUT2D eigenvalue weighted by atomic mass is 19.4. The lowest BCUT2D eigenvalue weighted by Gasteiger charge is -2.35. The molecule has 3 rings (SSSR count). The van der Waals surface area contributed by atoms with Crippen LogP contribution in [-0.4, -0.2) is 83.3 Å². The first-order valence-corrected chi connectivity index (χ1v) is 11.0. The van der Waals surface area contributed by atoms with Crippen molar-refractivity contribution < 1.29 is 22.7 Å². The van der Waals surface area contributed by atoms with E-state index in [1.165, 1.54) is 6.20 Å². The number of aromatic amines is 1. The number of rotatable bonds is 8. The van der Waals surface area contributed by atoms with Gasteiger partial charge in [-0.15, -0.1) is 0 Å². The number of halogens is 3. The van der Waals surface area contributed by atoms with Crippen LogP contribution in [0.1, 0.15) is 24.5 Å². The maximum atomic E-state index is 13.2. The van der Waals surface area contributed by atoms with Crippen LogP contribution in [0, 0.1) is 11.3 Å². The predicted octanol–water partition coefficient (Wildman–Crippen LogP) is 1.49. The van der Waals surface area contributed by atoms with E-state index in [2.05, 4.69) is 15.0 Å². The topological polar surface area (TPSA) is 118 Å². The number of piperazine rings is 1. The molecular formula is C22H26F3N7O3. The minimum absolute atomic E-state index is 0.0176. The Bertz CT molecular complexity index is 1110. The number of hydrogen-bond donors (Lipinski definition) is 1. The maximum Gasteiger partial charge on any atom is 0.425 e. The molecule has 188 valence electrons. The highest BCUT2D eigenvalue weighted by Crippen LogP contribution is 2.33. The number of carbonyl (C=O) groups is 1. The first-order chi connectivity index (χ1) is 16.6. The first kappa shape index (κ1) is 26.0. The molecule has 2 aromatic rings. The van der Waals surface area contributed by atoms with Gasteiger partial charge in [0.1, 0.15) is 18.0 Å². The van der Waals surface area contributed by atoms with Gasteiger partial charge in [-0.2, -0.15) is 23.5 Å². The third-order valence-corrected chi connectivity index (χ3v) is 5.54. The molecule has 1 aliphatic heterocycles. The Morgan fingerprint density at radius 3 is 2.60 bits per heavy atom. The number of ether oxygens (including phenoxy) is 1. The summed E-state index contributed by atoms with van der Waals surface area (Å²) in [6, 6.07) is 5.52. The monoisotopic (exact) mass is 493 g/mol. The van der Waals surface area contributed by atoms with Crippen LogP contribution in [0.5, 0.6) is 5.75 Å². The van der Waals surface area contributed by atoms with Crippen molar-refractivity contribution in [3.63, 3.8) is 0 Å². The summed E-state index contributed by atoms with van der Waals surface area (Å²) >= 11 is 0. The van der Waals surface area contributed by atoms with Crippen molar-refractivity contribution in [3.05, 3.63) is 46.0 Å². The minimum atomic E-state index is -4.87. The van der Waals surface area contributed by atoms with Crippen LogP contribution in [0.25, 0.3) is 0 Å². The van der Waals surface area contributed by atoms with Crippen molar-refractivity contribution >= 4 is 11.7 Å². The average Bonchev–Trinajstić information content (AvgIpc) is 2.82. The largest absolute Gasteiger partial charge is 0.487 e. The van der Waals surface area contributed by atoms with Gasteiger partial charge in [-0.05, 0) is 26.1 Å². The number of likely N-dealkylation sites (N-methyl/N-ethyl adjacent to an activating group) is 1. The number of nitrogens with one attached hydrogen (secondary N) is 1. The summed E-state index contributed by atoms with van der Waals surface area (Å²) in [5.74, 6) is 0.109. The number of carbonyl (C=O) groups excluding carboxylic acids is 1. The normalized spacial score (nSPS) is 15.1. The molecule has 13 heteroatoms. The molecule has 1 atom stereocenters. The van der Waals surface area contributed by atoms with Crippen LogP contribution in [0.15, 0.2) is 29.3 Å². The van der Waals surface area contributed by atoms with Gasteiger partial charge in [-0.3, -0.25) is 9.59 Å². The van der Waals surface area contributed by atoms with Gasteiger partial charge in [-0.1, -0.05) is 0 Å². The van der Waals surface area contributed by atoms with Gasteiger partial charge in [0, 0.05) is 51.9 Å². The maximum absolute atomic E-state index is 13.2. The van der Waals surface area contributed by atoms with E-state index in [4.69, 9.17) is 10.00 Å². The second-order valence-corrected chi connectivity index (χ2v) is 8.26. The van der Waals surface area contributed by atoms with Crippen molar-refractivity contribution in [1.29, 1.82) is 5.26 Å². The molecule has 0 bridgehead atoms. The third kappa shape index (κ3) is 6.92. The van der Waals surface area contributed by atoms with E-state index in [0.29, 0.717) is 38.3 Å². The molecular weight excluding hydrogens is 467 g/mol. The number of nitriles is 1. The molecule has 0 aromatic carbocycles. The van der Waals surface area contributed by atoms with E-state index >= 15 is 0 Å². The molecule has 0 radical (unpaired) electrons. The fraction of sp³-hybridized carbons (Fsp3) is 0.500. The Morgan fingerprint density at radius 2 is 2.00 bits per heavy atom. The van der Waals surface area contributed by atoms with E-state index < -0.39 is 29.2 Å². The van der Waals surface area contributed by atoms with E-state index in [1.54, 1.807) is 41.0 Å². The number of hydrogen-bond acceptors (Lipinski definition) is 8. The van der Waals surface area contributed by atoms with Gasteiger partial charge in [0.25, 0.3) is 5.56 Å². The predicted molar refractivity (Wildman–Crippen MR) is 120 cm³/mol. The summed E-state index contributed by atoms with van der Waals surface area (Å²) < 4.78 is 44.8. The molecule has 0 spiro atoms. The molecule has 3 heterocycles. The SMILES string of the molecule is CC(CN(C)CCC(=O)N1CCN(c2ccc(C#N)cn2)CC1)Oc1cn[nH]c(=O)c1C(F)(F)F. The van der Waals surface area contributed by atoms with Crippen molar-refractivity contribution in [2.75, 3.05) is 51.2 Å². The van der Waals surface area contributed by atoms with Gasteiger partial charge in [0.05, 0.1) is 11.8 Å². The summed E-state index contributed by atoms with van der Waals surface area (Å²) in [5, 5.41) is 14.0. The van der Waals surface area contributed by atoms with Crippen molar-refractivity contribution in [2.45, 2.75) is 25.6 Å². The number of pyridine rings is 1. The number of anilines is 1. The highest BCUT2D eigenvalue weighted by molar-refractivity contribution is 5.76. The standard InChI is InChI=1S/C22H26F3N7O3/c1-15(35-17-13-28-29-21(34)20(17)22(23,24)25)14-30(2)6-5-19(33)32-9-7-31(8-10-32)18-4-3-16(11-26)12-27-18/h3-4,12-13,15H,5-10,14H2,1-2H3,(H,29,34). The number of aromatic nitrogens is 3. The lowest BCUT2D eigenvalue weighted by atomic mass is 10.2. The molecule has 1 saturated heterocycles. The van der Waals surface area contributed by atoms with E-state index in [-0.39, 0.29) is 18.9 Å². The zero-order chi connectivity index (χ0) is 25.6. The minimum Gasteiger partial charge on any atom is -0.487 e. The van der Waals surface area contributed by atoms with Gasteiger partial charge >= 0.3 is 6.18 Å². The highest BCUT2D eigenvalue weighted by Gasteiger charge is 2.38. The van der Waals surface area contributed by atoms with E-state index in [0.717, 1.165) is 12.0 Å². The second-order valence-electron chi connectivity index (χ2n) is 8.26. The molecule has 2 aromatic heterocycles. The van der Waals surface area contributed by atoms with Crippen molar-refractivity contribution in [2.24, 2.45) is 0 Å². The van der Waals surface area contributed by atoms with Crippen LogP contribution in [0.3, 0.4) is 0 Å². The van der Waals surface area contributed by atoms with E-state index in [1.807, 2.05) is 6.07 Å². The fourth-order valence-electron chi connectivity index (χ4n) is 3.79. The van der Waals surface area contributed by atoms with Crippen LogP contribution in [-0.2, 0) is 11.0 Å². The Kier molecular flexibility index (Phi) is 8.29. The fourth-order valence-corrected chi connectivity index (χ4v) is 3.79. The Labute approximate surface area is 199 Å². The molecule has 1 aliphatic rings. The van der Waals surface area contributed by atoms with Gasteiger partial charge in [0.15, 0.2) is 11.3 Å². The summed E-state index contributed by atoms with van der Waals surface area (Å²) in [5.41, 5.74) is -2.30. The van der Waals surface area contributed by atoms with E-state index in [9.17, 15) is 22.8 Å². The van der Waals surface area contributed by atoms with Crippen LogP contribution >= 0.6 is 0 Å². The van der Waals surface area contributed by atoms with Crippen LogP contribution in [0.2, 0.25) is 0 Å². The summed E-state index contributed by atoms with van der Waals surface area (Å²) in [6.07, 6.45) is -2.95. The average molecular weight is 493 g/mol. The lowest BCUT2D eigenvalue weighted by molar-refractivity contribution is -0.140. The Morgan fingerprint density at radius 1 is 1.29 bits per heavy atom. The third-order valence-electron chi connectivity index (χ3n) is 5.54. The van der Waals surface area contributed by atoms with Crippen molar-refractivity contribution in [1.82, 2.24) is 25.0 Å². The molecule has 35 heavy (non-hydrogen) atoms. The first-order valence-electron chi connectivity index (χ1n) is 11.0. The number of amides is 1. The summed E-state index contributed by atoms with van der Waals surface area (Å²) in [4.78, 5) is 34.1. The van der Waals surface area contributed by atoms with Crippen molar-refractivity contribution in [3.8, 4) is 11.8 Å². The van der Waals surface area contributed by atoms with Crippen LogP contribution in [0.4, 0.5) is 19.0 Å². The van der Waals surface area contributed by atoms with Crippen LogP contribution < -0.4 is 15.2 Å². The van der Waals surface area contributed by atoms with Gasteiger partial charge < -0.3 is 19.4 Å².